The monoisotopic (exact) mass is 324 g/mol. The average molecular weight is 325 g/mol. The number of hydrogen-bond acceptors (Lipinski definition) is 2. The molecule has 2 aliphatic rings. The van der Waals surface area contributed by atoms with Crippen LogP contribution in [-0.4, -0.2) is 28.5 Å². The van der Waals surface area contributed by atoms with E-state index in [-0.39, 0.29) is 11.9 Å². The van der Waals surface area contributed by atoms with E-state index in [9.17, 15) is 4.79 Å². The smallest absolute Gasteiger partial charge is 0.256 e. The van der Waals surface area contributed by atoms with Crippen molar-refractivity contribution in [3.63, 3.8) is 0 Å². The number of piperidine rings is 1. The van der Waals surface area contributed by atoms with Crippen LogP contribution < -0.4 is 4.90 Å². The van der Waals surface area contributed by atoms with Crippen molar-refractivity contribution in [1.82, 2.24) is 4.90 Å². The van der Waals surface area contributed by atoms with Crippen LogP contribution in [0.25, 0.3) is 0 Å². The Bertz CT molecular complexity index is 495. The highest BCUT2D eigenvalue weighted by Crippen LogP contribution is 2.31. The molecule has 2 saturated heterocycles. The molecule has 18 heavy (non-hydrogen) atoms. The molecule has 2 heterocycles. The Morgan fingerprint density at radius 1 is 1.33 bits per heavy atom. The topological polar surface area (TPSA) is 23.6 Å². The number of amides is 1. The number of halogens is 1. The summed E-state index contributed by atoms with van der Waals surface area (Å²) in [5.74, 6) is 0.123. The molecule has 1 aromatic rings. The molecule has 2 aliphatic heterocycles. The Morgan fingerprint density at radius 3 is 2.89 bits per heavy atom. The van der Waals surface area contributed by atoms with Gasteiger partial charge < -0.3 is 4.90 Å². The second-order valence-corrected chi connectivity index (χ2v) is 5.92. The van der Waals surface area contributed by atoms with E-state index in [1.54, 1.807) is 4.90 Å². The van der Waals surface area contributed by atoms with E-state index < -0.39 is 0 Å². The summed E-state index contributed by atoms with van der Waals surface area (Å²) >= 11 is 8.89. The van der Waals surface area contributed by atoms with E-state index in [1.807, 2.05) is 24.3 Å². The summed E-state index contributed by atoms with van der Waals surface area (Å²) in [4.78, 5) is 16.2. The fraction of sp³-hybridized carbons (Fsp3) is 0.385. The number of rotatable bonds is 1. The SMILES string of the molecule is O=C1C2CCCCN2C(=S)N1c1cccc(Br)c1. The van der Waals surface area contributed by atoms with E-state index in [2.05, 4.69) is 20.8 Å². The highest BCUT2D eigenvalue weighted by atomic mass is 79.9. The summed E-state index contributed by atoms with van der Waals surface area (Å²) in [6.45, 7) is 0.903. The van der Waals surface area contributed by atoms with Crippen molar-refractivity contribution in [2.45, 2.75) is 25.3 Å². The van der Waals surface area contributed by atoms with E-state index in [4.69, 9.17) is 12.2 Å². The van der Waals surface area contributed by atoms with Gasteiger partial charge >= 0.3 is 0 Å². The third-order valence-corrected chi connectivity index (χ3v) is 4.42. The first-order chi connectivity index (χ1) is 8.68. The van der Waals surface area contributed by atoms with Gasteiger partial charge in [0.05, 0.1) is 5.69 Å². The number of anilines is 1. The molecule has 0 spiro atoms. The third kappa shape index (κ3) is 1.86. The normalized spacial score (nSPS) is 23.5. The molecule has 0 N–H and O–H groups in total. The fourth-order valence-electron chi connectivity index (χ4n) is 2.64. The highest BCUT2D eigenvalue weighted by Gasteiger charge is 2.43. The van der Waals surface area contributed by atoms with Gasteiger partial charge in [0.2, 0.25) is 0 Å². The van der Waals surface area contributed by atoms with E-state index >= 15 is 0 Å². The predicted octanol–water partition coefficient (Wildman–Crippen LogP) is 2.94. The number of carbonyl (C=O) groups excluding carboxylic acids is 1. The number of nitrogens with zero attached hydrogens (tertiary/aromatic N) is 2. The predicted molar refractivity (Wildman–Crippen MR) is 78.6 cm³/mol. The Kier molecular flexibility index (Phi) is 3.11. The molecule has 0 aromatic heterocycles. The maximum absolute atomic E-state index is 12.4. The van der Waals surface area contributed by atoms with Crippen molar-refractivity contribution in [3.8, 4) is 0 Å². The quantitative estimate of drug-likeness (QED) is 0.742. The van der Waals surface area contributed by atoms with Crippen LogP contribution in [0.5, 0.6) is 0 Å². The largest absolute Gasteiger partial charge is 0.336 e. The summed E-state index contributed by atoms with van der Waals surface area (Å²) in [6, 6.07) is 7.69. The van der Waals surface area contributed by atoms with Crippen LogP contribution in [0.4, 0.5) is 5.69 Å². The molecule has 1 aromatic carbocycles. The first-order valence-electron chi connectivity index (χ1n) is 6.08. The van der Waals surface area contributed by atoms with E-state index in [0.717, 1.165) is 36.0 Å². The average Bonchev–Trinajstić information content (AvgIpc) is 2.63. The molecule has 5 heteroatoms. The lowest BCUT2D eigenvalue weighted by Gasteiger charge is -2.27. The molecule has 94 valence electrons. The molecular formula is C13H13BrN2OS. The first-order valence-corrected chi connectivity index (χ1v) is 7.29. The maximum atomic E-state index is 12.4. The summed E-state index contributed by atoms with van der Waals surface area (Å²) in [5.41, 5.74) is 0.855. The lowest BCUT2D eigenvalue weighted by molar-refractivity contribution is -0.120. The maximum Gasteiger partial charge on any atom is 0.256 e. The Balaban J connectivity index is 1.97. The van der Waals surface area contributed by atoms with Crippen molar-refractivity contribution in [2.24, 2.45) is 0 Å². The van der Waals surface area contributed by atoms with Crippen LogP contribution in [-0.2, 0) is 4.79 Å². The molecular weight excluding hydrogens is 312 g/mol. The van der Waals surface area contributed by atoms with E-state index in [0.29, 0.717) is 5.11 Å². The van der Waals surface area contributed by atoms with Gasteiger partial charge in [0.25, 0.3) is 5.91 Å². The van der Waals surface area contributed by atoms with Crippen molar-refractivity contribution in [2.75, 3.05) is 11.4 Å². The van der Waals surface area contributed by atoms with Gasteiger partial charge in [-0.2, -0.15) is 0 Å². The minimum absolute atomic E-state index is 0.0368. The number of fused-ring (bicyclic) bond motifs is 1. The zero-order valence-electron chi connectivity index (χ0n) is 9.80. The molecule has 1 unspecified atom stereocenters. The lowest BCUT2D eigenvalue weighted by atomic mass is 10.0. The minimum atomic E-state index is -0.0368. The number of hydrogen-bond donors (Lipinski definition) is 0. The van der Waals surface area contributed by atoms with Crippen LogP contribution in [0.1, 0.15) is 19.3 Å². The molecule has 1 atom stereocenters. The summed E-state index contributed by atoms with van der Waals surface area (Å²) in [6.07, 6.45) is 3.15. The van der Waals surface area contributed by atoms with Crippen molar-refractivity contribution in [1.29, 1.82) is 0 Å². The number of benzene rings is 1. The van der Waals surface area contributed by atoms with Gasteiger partial charge in [-0.1, -0.05) is 22.0 Å². The second kappa shape index (κ2) is 4.63. The van der Waals surface area contributed by atoms with Gasteiger partial charge in [0, 0.05) is 11.0 Å². The van der Waals surface area contributed by atoms with Gasteiger partial charge in [0.15, 0.2) is 5.11 Å². The van der Waals surface area contributed by atoms with Crippen LogP contribution in [0.2, 0.25) is 0 Å². The van der Waals surface area contributed by atoms with Crippen LogP contribution in [0, 0.1) is 0 Å². The fourth-order valence-corrected chi connectivity index (χ4v) is 3.44. The molecule has 0 aliphatic carbocycles. The first kappa shape index (κ1) is 12.1. The molecule has 0 radical (unpaired) electrons. The van der Waals surface area contributed by atoms with Crippen molar-refractivity contribution < 1.29 is 4.79 Å². The van der Waals surface area contributed by atoms with Crippen LogP contribution >= 0.6 is 28.1 Å². The summed E-state index contributed by atoms with van der Waals surface area (Å²) in [7, 11) is 0. The highest BCUT2D eigenvalue weighted by molar-refractivity contribution is 9.10. The van der Waals surface area contributed by atoms with Crippen molar-refractivity contribution in [3.05, 3.63) is 28.7 Å². The molecule has 3 rings (SSSR count). The van der Waals surface area contributed by atoms with Crippen LogP contribution in [0.3, 0.4) is 0 Å². The second-order valence-electron chi connectivity index (χ2n) is 4.64. The Labute approximate surface area is 120 Å². The van der Waals surface area contributed by atoms with Gasteiger partial charge in [-0.3, -0.25) is 9.69 Å². The molecule has 1 amide bonds. The van der Waals surface area contributed by atoms with Gasteiger partial charge in [0.1, 0.15) is 6.04 Å². The van der Waals surface area contributed by atoms with Crippen molar-refractivity contribution >= 4 is 44.9 Å². The van der Waals surface area contributed by atoms with Crippen LogP contribution in [0.15, 0.2) is 28.7 Å². The standard InChI is InChI=1S/C13H13BrN2OS/c14-9-4-3-5-10(8-9)16-12(17)11-6-1-2-7-15(11)13(16)18/h3-5,8,11H,1-2,6-7H2. The lowest BCUT2D eigenvalue weighted by Crippen LogP contribution is -2.38. The summed E-state index contributed by atoms with van der Waals surface area (Å²) in [5, 5.41) is 0.655. The zero-order valence-corrected chi connectivity index (χ0v) is 12.2. The molecule has 0 bridgehead atoms. The third-order valence-electron chi connectivity index (χ3n) is 3.51. The van der Waals surface area contributed by atoms with E-state index in [1.165, 1.54) is 0 Å². The number of carbonyl (C=O) groups is 1. The zero-order chi connectivity index (χ0) is 12.7. The van der Waals surface area contributed by atoms with Gasteiger partial charge in [-0.25, -0.2) is 0 Å². The summed E-state index contributed by atoms with van der Waals surface area (Å²) < 4.78 is 0.959. The Morgan fingerprint density at radius 2 is 2.17 bits per heavy atom. The molecule has 0 saturated carbocycles. The number of thiocarbonyl (C=S) groups is 1. The Hall–Kier alpha value is -0.940. The van der Waals surface area contributed by atoms with Gasteiger partial charge in [-0.05, 0) is 49.7 Å². The molecule has 3 nitrogen and oxygen atoms in total. The minimum Gasteiger partial charge on any atom is -0.336 e. The molecule has 2 fully saturated rings. The van der Waals surface area contributed by atoms with Gasteiger partial charge in [-0.15, -0.1) is 0 Å².